The molecule has 6 nitrogen and oxygen atoms in total. The van der Waals surface area contributed by atoms with Gasteiger partial charge in [-0.05, 0) is 36.4 Å². The Labute approximate surface area is 275 Å². The third-order valence-corrected chi connectivity index (χ3v) is 9.02. The van der Waals surface area contributed by atoms with Gasteiger partial charge in [0.25, 0.3) is 0 Å². The quantitative estimate of drug-likeness (QED) is 0.198. The third-order valence-electron chi connectivity index (χ3n) is 9.02. The number of benzene rings is 6. The van der Waals surface area contributed by atoms with E-state index in [1.807, 2.05) is 66.7 Å². The minimum absolute atomic E-state index is 0.434. The molecule has 0 aliphatic carbocycles. The van der Waals surface area contributed by atoms with Crippen LogP contribution in [0.5, 0.6) is 0 Å². The molecule has 0 amide bonds. The number of hydrogen-bond acceptors (Lipinski definition) is 4. The number of aromatic nitrogens is 4. The highest BCUT2D eigenvalue weighted by atomic mass is 15.2. The molecule has 0 bridgehead atoms. The van der Waals surface area contributed by atoms with Crippen molar-refractivity contribution in [1.29, 1.82) is 10.5 Å². The van der Waals surface area contributed by atoms with Crippen molar-refractivity contribution in [1.82, 2.24) is 19.1 Å². The molecular formula is C42H24N6. The summed E-state index contributed by atoms with van der Waals surface area (Å²) in [5, 5.41) is 24.5. The topological polar surface area (TPSA) is 83.2 Å². The Hall–Kier alpha value is -7.02. The number of hydrogen-bond donors (Lipinski definition) is 0. The maximum atomic E-state index is 10.2. The molecule has 0 radical (unpaired) electrons. The highest BCUT2D eigenvalue weighted by Crippen LogP contribution is 2.42. The molecule has 0 aliphatic rings. The SMILES string of the molecule is N#Cc1cccc(C#N)c1-n1c2ccccc2c2c1ccc1c3ccccc3n(-c3nc(-c4ccccc4)cc(-c4ccccc4)n3)c12. The predicted octanol–water partition coefficient (Wildman–Crippen LogP) is 9.75. The highest BCUT2D eigenvalue weighted by Gasteiger charge is 2.24. The Morgan fingerprint density at radius 3 is 1.60 bits per heavy atom. The first-order valence-electron chi connectivity index (χ1n) is 15.6. The van der Waals surface area contributed by atoms with Gasteiger partial charge in [-0.1, -0.05) is 109 Å². The maximum Gasteiger partial charge on any atom is 0.235 e. The third kappa shape index (κ3) is 4.04. The molecule has 0 N–H and O–H groups in total. The summed E-state index contributed by atoms with van der Waals surface area (Å²) < 4.78 is 4.23. The van der Waals surface area contributed by atoms with Crippen molar-refractivity contribution in [3.8, 4) is 46.3 Å². The molecular weight excluding hydrogens is 589 g/mol. The first-order chi connectivity index (χ1) is 23.7. The van der Waals surface area contributed by atoms with Crippen molar-refractivity contribution < 1.29 is 0 Å². The van der Waals surface area contributed by atoms with E-state index in [2.05, 4.69) is 81.9 Å². The van der Waals surface area contributed by atoms with E-state index in [0.29, 0.717) is 22.8 Å². The fourth-order valence-electron chi connectivity index (χ4n) is 6.97. The van der Waals surface area contributed by atoms with Crippen LogP contribution in [0, 0.1) is 22.7 Å². The zero-order chi connectivity index (χ0) is 32.2. The van der Waals surface area contributed by atoms with Gasteiger partial charge < -0.3 is 4.57 Å². The average Bonchev–Trinajstić information content (AvgIpc) is 3.68. The van der Waals surface area contributed by atoms with Crippen LogP contribution >= 0.6 is 0 Å². The van der Waals surface area contributed by atoms with Crippen LogP contribution < -0.4 is 0 Å². The van der Waals surface area contributed by atoms with Gasteiger partial charge in [0.1, 0.15) is 12.1 Å². The van der Waals surface area contributed by atoms with Gasteiger partial charge in [-0.2, -0.15) is 10.5 Å². The normalized spacial score (nSPS) is 11.3. The number of nitriles is 2. The first-order valence-corrected chi connectivity index (χ1v) is 15.6. The zero-order valence-electron chi connectivity index (χ0n) is 25.5. The molecule has 0 atom stereocenters. The Balaban J connectivity index is 1.47. The van der Waals surface area contributed by atoms with E-state index in [9.17, 15) is 10.5 Å². The van der Waals surface area contributed by atoms with E-state index in [1.54, 1.807) is 18.2 Å². The number of para-hydroxylation sites is 3. The van der Waals surface area contributed by atoms with Gasteiger partial charge >= 0.3 is 0 Å². The summed E-state index contributed by atoms with van der Waals surface area (Å²) in [6, 6.07) is 53.1. The maximum absolute atomic E-state index is 10.2. The molecule has 6 heteroatoms. The van der Waals surface area contributed by atoms with E-state index in [-0.39, 0.29) is 0 Å². The second-order valence-corrected chi connectivity index (χ2v) is 11.7. The lowest BCUT2D eigenvalue weighted by molar-refractivity contribution is 0.998. The van der Waals surface area contributed by atoms with Crippen molar-refractivity contribution in [2.24, 2.45) is 0 Å². The predicted molar refractivity (Wildman–Crippen MR) is 191 cm³/mol. The molecule has 48 heavy (non-hydrogen) atoms. The largest absolute Gasteiger partial charge is 0.307 e. The molecule has 9 aromatic rings. The second kappa shape index (κ2) is 10.8. The van der Waals surface area contributed by atoms with E-state index in [1.165, 1.54) is 0 Å². The summed E-state index contributed by atoms with van der Waals surface area (Å²) in [5.41, 5.74) is 8.81. The fraction of sp³-hybridized carbons (Fsp3) is 0. The van der Waals surface area contributed by atoms with Crippen LogP contribution in [0.4, 0.5) is 0 Å². The van der Waals surface area contributed by atoms with Crippen LogP contribution in [-0.2, 0) is 0 Å². The summed E-state index contributed by atoms with van der Waals surface area (Å²) in [4.78, 5) is 10.5. The molecule has 222 valence electrons. The molecule has 3 heterocycles. The van der Waals surface area contributed by atoms with E-state index < -0.39 is 0 Å². The lowest BCUT2D eigenvalue weighted by Gasteiger charge is -2.13. The van der Waals surface area contributed by atoms with Gasteiger partial charge in [0, 0.05) is 32.7 Å². The van der Waals surface area contributed by atoms with Crippen LogP contribution in [0.25, 0.3) is 77.8 Å². The van der Waals surface area contributed by atoms with Crippen molar-refractivity contribution in [2.75, 3.05) is 0 Å². The van der Waals surface area contributed by atoms with E-state index in [0.717, 1.165) is 66.1 Å². The van der Waals surface area contributed by atoms with Gasteiger partial charge in [0.15, 0.2) is 0 Å². The van der Waals surface area contributed by atoms with Gasteiger partial charge in [0.05, 0.1) is 50.3 Å². The molecule has 0 aliphatic heterocycles. The van der Waals surface area contributed by atoms with Crippen molar-refractivity contribution in [3.63, 3.8) is 0 Å². The lowest BCUT2D eigenvalue weighted by atomic mass is 10.1. The Morgan fingerprint density at radius 1 is 0.458 bits per heavy atom. The minimum Gasteiger partial charge on any atom is -0.307 e. The van der Waals surface area contributed by atoms with Crippen LogP contribution in [0.2, 0.25) is 0 Å². The van der Waals surface area contributed by atoms with Crippen LogP contribution in [0.1, 0.15) is 11.1 Å². The van der Waals surface area contributed by atoms with Crippen LogP contribution in [0.3, 0.4) is 0 Å². The Bertz CT molecular complexity index is 2710. The van der Waals surface area contributed by atoms with Crippen LogP contribution in [0.15, 0.2) is 146 Å². The summed E-state index contributed by atoms with van der Waals surface area (Å²) in [5.74, 6) is 0.556. The molecule has 0 unspecified atom stereocenters. The molecule has 3 aromatic heterocycles. The standard InChI is InChI=1S/C42H24N6/c43-25-29-16-11-17-30(26-44)40(29)47-37-21-10-8-19-33(37)39-38(47)23-22-32-31-18-7-9-20-36(31)48(41(32)39)42-45-34(27-12-3-1-4-13-27)24-35(46-42)28-14-5-2-6-15-28/h1-24H. The summed E-state index contributed by atoms with van der Waals surface area (Å²) >= 11 is 0. The van der Waals surface area contributed by atoms with Gasteiger partial charge in [0.2, 0.25) is 5.95 Å². The van der Waals surface area contributed by atoms with Gasteiger partial charge in [-0.15, -0.1) is 0 Å². The van der Waals surface area contributed by atoms with Gasteiger partial charge in [-0.25, -0.2) is 9.97 Å². The van der Waals surface area contributed by atoms with Crippen molar-refractivity contribution in [3.05, 3.63) is 157 Å². The zero-order valence-corrected chi connectivity index (χ0v) is 25.5. The van der Waals surface area contributed by atoms with Crippen molar-refractivity contribution >= 4 is 43.6 Å². The van der Waals surface area contributed by atoms with E-state index >= 15 is 0 Å². The Kier molecular flexibility index (Phi) is 6.15. The molecule has 0 saturated carbocycles. The molecule has 0 fully saturated rings. The second-order valence-electron chi connectivity index (χ2n) is 11.7. The monoisotopic (exact) mass is 612 g/mol. The van der Waals surface area contributed by atoms with Crippen LogP contribution in [-0.4, -0.2) is 19.1 Å². The molecule has 0 spiro atoms. The smallest absolute Gasteiger partial charge is 0.235 e. The van der Waals surface area contributed by atoms with Crippen molar-refractivity contribution in [2.45, 2.75) is 0 Å². The average molecular weight is 613 g/mol. The number of nitrogens with zero attached hydrogens (tertiary/aromatic N) is 6. The molecule has 6 aromatic carbocycles. The highest BCUT2D eigenvalue weighted by molar-refractivity contribution is 6.26. The Morgan fingerprint density at radius 2 is 1.00 bits per heavy atom. The summed E-state index contributed by atoms with van der Waals surface area (Å²) in [7, 11) is 0. The van der Waals surface area contributed by atoms with E-state index in [4.69, 9.17) is 9.97 Å². The molecule has 9 rings (SSSR count). The minimum atomic E-state index is 0.434. The number of fused-ring (bicyclic) bond motifs is 7. The summed E-state index contributed by atoms with van der Waals surface area (Å²) in [6.45, 7) is 0. The first kappa shape index (κ1) is 27.3. The fourth-order valence-corrected chi connectivity index (χ4v) is 6.97. The lowest BCUT2D eigenvalue weighted by Crippen LogP contribution is -2.04. The number of rotatable bonds is 4. The summed E-state index contributed by atoms with van der Waals surface area (Å²) in [6.07, 6.45) is 0. The van der Waals surface area contributed by atoms with Gasteiger partial charge in [-0.3, -0.25) is 4.57 Å². The molecule has 0 saturated heterocycles.